The van der Waals surface area contributed by atoms with Crippen LogP contribution in [0, 0.1) is 5.41 Å². The number of likely N-dealkylation sites (N-methyl/N-ethyl adjacent to an activating group) is 1. The topological polar surface area (TPSA) is 61.8 Å². The Bertz CT molecular complexity index is 256. The highest BCUT2D eigenvalue weighted by Gasteiger charge is 2.26. The molecule has 0 aromatic heterocycles. The summed E-state index contributed by atoms with van der Waals surface area (Å²) in [7, 11) is 1.98. The zero-order valence-electron chi connectivity index (χ0n) is 11.0. The predicted molar refractivity (Wildman–Crippen MR) is 65.7 cm³/mol. The van der Waals surface area contributed by atoms with Crippen molar-refractivity contribution in [2.75, 3.05) is 39.9 Å². The van der Waals surface area contributed by atoms with Gasteiger partial charge in [-0.1, -0.05) is 13.8 Å². The van der Waals surface area contributed by atoms with Gasteiger partial charge in [-0.3, -0.25) is 4.79 Å². The van der Waals surface area contributed by atoms with Crippen LogP contribution in [0.15, 0.2) is 0 Å². The maximum atomic E-state index is 11.9. The van der Waals surface area contributed by atoms with E-state index in [-0.39, 0.29) is 24.0 Å². The standard InChI is InChI=1S/C12H24N2O3/c1-12(2,4-6-15)9-13-11(16)10-8-14(3)5-7-17-10/h10,15H,4-9H2,1-3H3,(H,13,16). The molecule has 0 aromatic rings. The summed E-state index contributed by atoms with van der Waals surface area (Å²) in [6.07, 6.45) is 0.317. The number of carbonyl (C=O) groups excluding carboxylic acids is 1. The highest BCUT2D eigenvalue weighted by Crippen LogP contribution is 2.18. The SMILES string of the molecule is CN1CCOC(C(=O)NCC(C)(C)CCO)C1. The minimum absolute atomic E-state index is 0.0532. The van der Waals surface area contributed by atoms with Crippen LogP contribution in [0.1, 0.15) is 20.3 Å². The van der Waals surface area contributed by atoms with Gasteiger partial charge in [0.1, 0.15) is 6.10 Å². The van der Waals surface area contributed by atoms with Crippen molar-refractivity contribution in [3.8, 4) is 0 Å². The molecule has 1 fully saturated rings. The van der Waals surface area contributed by atoms with Gasteiger partial charge in [-0.15, -0.1) is 0 Å². The number of hydrogen-bond acceptors (Lipinski definition) is 4. The Kier molecular flexibility index (Phi) is 5.36. The summed E-state index contributed by atoms with van der Waals surface area (Å²) in [5.41, 5.74) is -0.0784. The van der Waals surface area contributed by atoms with Crippen molar-refractivity contribution in [1.29, 1.82) is 0 Å². The highest BCUT2D eigenvalue weighted by atomic mass is 16.5. The summed E-state index contributed by atoms with van der Waals surface area (Å²) >= 11 is 0. The quantitative estimate of drug-likeness (QED) is 0.705. The molecule has 2 N–H and O–H groups in total. The van der Waals surface area contributed by atoms with Gasteiger partial charge in [0.15, 0.2) is 0 Å². The maximum absolute atomic E-state index is 11.9. The fourth-order valence-corrected chi connectivity index (χ4v) is 1.77. The number of hydrogen-bond donors (Lipinski definition) is 2. The molecule has 17 heavy (non-hydrogen) atoms. The zero-order chi connectivity index (χ0) is 12.9. The molecule has 1 aliphatic rings. The molecule has 5 nitrogen and oxygen atoms in total. The van der Waals surface area contributed by atoms with E-state index in [0.717, 1.165) is 6.54 Å². The molecule has 0 radical (unpaired) electrons. The Hall–Kier alpha value is -0.650. The summed E-state index contributed by atoms with van der Waals surface area (Å²) < 4.78 is 5.43. The molecular weight excluding hydrogens is 220 g/mol. The molecule has 0 bridgehead atoms. The second-order valence-corrected chi connectivity index (χ2v) is 5.48. The van der Waals surface area contributed by atoms with Crippen LogP contribution < -0.4 is 5.32 Å². The van der Waals surface area contributed by atoms with Crippen molar-refractivity contribution in [2.24, 2.45) is 5.41 Å². The third-order valence-corrected chi connectivity index (χ3v) is 3.09. The first-order valence-corrected chi connectivity index (χ1v) is 6.13. The number of nitrogens with one attached hydrogen (secondary N) is 1. The normalized spacial score (nSPS) is 22.5. The number of nitrogens with zero attached hydrogens (tertiary/aromatic N) is 1. The number of morpholine rings is 1. The summed E-state index contributed by atoms with van der Waals surface area (Å²) in [4.78, 5) is 14.0. The van der Waals surface area contributed by atoms with Crippen molar-refractivity contribution < 1.29 is 14.6 Å². The molecule has 5 heteroatoms. The molecule has 1 aliphatic heterocycles. The fraction of sp³-hybridized carbons (Fsp3) is 0.917. The molecule has 0 aromatic carbocycles. The van der Waals surface area contributed by atoms with Crippen molar-refractivity contribution in [3.05, 3.63) is 0 Å². The molecule has 0 spiro atoms. The number of aliphatic hydroxyl groups excluding tert-OH is 1. The van der Waals surface area contributed by atoms with Crippen LogP contribution in [0.4, 0.5) is 0 Å². The largest absolute Gasteiger partial charge is 0.396 e. The van der Waals surface area contributed by atoms with E-state index < -0.39 is 0 Å². The summed E-state index contributed by atoms with van der Waals surface area (Å²) in [5.74, 6) is -0.0532. The average molecular weight is 244 g/mol. The molecule has 1 heterocycles. The van der Waals surface area contributed by atoms with Crippen LogP contribution in [0.25, 0.3) is 0 Å². The van der Waals surface area contributed by atoms with Crippen LogP contribution in [-0.2, 0) is 9.53 Å². The molecular formula is C12H24N2O3. The van der Waals surface area contributed by atoms with E-state index in [1.807, 2.05) is 20.9 Å². The van der Waals surface area contributed by atoms with Gasteiger partial charge in [-0.05, 0) is 18.9 Å². The Labute approximate surface area is 103 Å². The molecule has 1 amide bonds. The number of rotatable bonds is 5. The number of carbonyl (C=O) groups is 1. The van der Waals surface area contributed by atoms with Crippen molar-refractivity contribution in [2.45, 2.75) is 26.4 Å². The second-order valence-electron chi connectivity index (χ2n) is 5.48. The Balaban J connectivity index is 2.33. The van der Waals surface area contributed by atoms with Crippen LogP contribution in [0.5, 0.6) is 0 Å². The van der Waals surface area contributed by atoms with Gasteiger partial charge in [0, 0.05) is 26.2 Å². The molecule has 0 saturated carbocycles. The van der Waals surface area contributed by atoms with Crippen LogP contribution in [0.3, 0.4) is 0 Å². The van der Waals surface area contributed by atoms with Crippen LogP contribution >= 0.6 is 0 Å². The van der Waals surface area contributed by atoms with Gasteiger partial charge in [0.2, 0.25) is 5.91 Å². The number of amides is 1. The summed E-state index contributed by atoms with van der Waals surface area (Å²) in [5, 5.41) is 11.8. The van der Waals surface area contributed by atoms with E-state index in [4.69, 9.17) is 9.84 Å². The van der Waals surface area contributed by atoms with E-state index in [1.165, 1.54) is 0 Å². The average Bonchev–Trinajstić information content (AvgIpc) is 2.26. The van der Waals surface area contributed by atoms with Crippen LogP contribution in [-0.4, -0.2) is 61.9 Å². The summed E-state index contributed by atoms with van der Waals surface area (Å²) in [6, 6.07) is 0. The van der Waals surface area contributed by atoms with Gasteiger partial charge >= 0.3 is 0 Å². The highest BCUT2D eigenvalue weighted by molar-refractivity contribution is 5.81. The maximum Gasteiger partial charge on any atom is 0.250 e. The van der Waals surface area contributed by atoms with Crippen molar-refractivity contribution in [1.82, 2.24) is 10.2 Å². The molecule has 1 saturated heterocycles. The molecule has 100 valence electrons. The number of aliphatic hydroxyl groups is 1. The lowest BCUT2D eigenvalue weighted by Gasteiger charge is -2.30. The molecule has 1 atom stereocenters. The molecule has 1 rings (SSSR count). The van der Waals surface area contributed by atoms with Crippen molar-refractivity contribution >= 4 is 5.91 Å². The van der Waals surface area contributed by atoms with Gasteiger partial charge in [-0.2, -0.15) is 0 Å². The lowest BCUT2D eigenvalue weighted by atomic mass is 9.90. The van der Waals surface area contributed by atoms with E-state index >= 15 is 0 Å². The summed E-state index contributed by atoms with van der Waals surface area (Å²) in [6.45, 7) is 6.89. The third-order valence-electron chi connectivity index (χ3n) is 3.09. The first-order chi connectivity index (χ1) is 7.94. The van der Waals surface area contributed by atoms with E-state index in [0.29, 0.717) is 26.1 Å². The fourth-order valence-electron chi connectivity index (χ4n) is 1.77. The minimum Gasteiger partial charge on any atom is -0.396 e. The minimum atomic E-state index is -0.362. The third kappa shape index (κ3) is 5.02. The lowest BCUT2D eigenvalue weighted by Crippen LogP contribution is -2.49. The van der Waals surface area contributed by atoms with Crippen LogP contribution in [0.2, 0.25) is 0 Å². The molecule has 1 unspecified atom stereocenters. The van der Waals surface area contributed by atoms with Gasteiger partial charge < -0.3 is 20.1 Å². The number of ether oxygens (including phenoxy) is 1. The second kappa shape index (κ2) is 6.33. The van der Waals surface area contributed by atoms with E-state index in [9.17, 15) is 4.79 Å². The molecule has 0 aliphatic carbocycles. The predicted octanol–water partition coefficient (Wildman–Crippen LogP) is -0.158. The van der Waals surface area contributed by atoms with Crippen molar-refractivity contribution in [3.63, 3.8) is 0 Å². The first-order valence-electron chi connectivity index (χ1n) is 6.13. The monoisotopic (exact) mass is 244 g/mol. The smallest absolute Gasteiger partial charge is 0.250 e. The Morgan fingerprint density at radius 1 is 1.59 bits per heavy atom. The van der Waals surface area contributed by atoms with Gasteiger partial charge in [-0.25, -0.2) is 0 Å². The zero-order valence-corrected chi connectivity index (χ0v) is 11.0. The van der Waals surface area contributed by atoms with E-state index in [2.05, 4.69) is 10.2 Å². The van der Waals surface area contributed by atoms with Gasteiger partial charge in [0.05, 0.1) is 6.61 Å². The lowest BCUT2D eigenvalue weighted by molar-refractivity contribution is -0.138. The Morgan fingerprint density at radius 2 is 2.29 bits per heavy atom. The van der Waals surface area contributed by atoms with E-state index in [1.54, 1.807) is 0 Å². The first kappa shape index (κ1) is 14.4. The Morgan fingerprint density at radius 3 is 2.88 bits per heavy atom. The van der Waals surface area contributed by atoms with Gasteiger partial charge in [0.25, 0.3) is 0 Å².